The molecule has 0 aromatic heterocycles. The van der Waals surface area contributed by atoms with Crippen molar-refractivity contribution in [3.05, 3.63) is 59.2 Å². The number of hydrogen-bond acceptors (Lipinski definition) is 2. The van der Waals surface area contributed by atoms with E-state index in [1.54, 1.807) is 0 Å². The van der Waals surface area contributed by atoms with Gasteiger partial charge in [-0.1, -0.05) is 36.8 Å². The molecule has 1 unspecified atom stereocenters. The van der Waals surface area contributed by atoms with E-state index in [-0.39, 0.29) is 11.8 Å². The second-order valence-electron chi connectivity index (χ2n) is 5.83. The minimum Gasteiger partial charge on any atom is -0.494 e. The topological polar surface area (TPSA) is 38.3 Å². The third-order valence-corrected chi connectivity index (χ3v) is 3.99. The lowest BCUT2D eigenvalue weighted by atomic mass is 9.92. The van der Waals surface area contributed by atoms with Gasteiger partial charge in [0, 0.05) is 5.69 Å². The molecule has 22 heavy (non-hydrogen) atoms. The smallest absolute Gasteiger partial charge is 0.232 e. The van der Waals surface area contributed by atoms with Crippen molar-refractivity contribution >= 4 is 11.6 Å². The summed E-state index contributed by atoms with van der Waals surface area (Å²) in [6.07, 6.45) is 1.72. The first-order chi connectivity index (χ1) is 10.7. The van der Waals surface area contributed by atoms with Gasteiger partial charge >= 0.3 is 0 Å². The predicted molar refractivity (Wildman–Crippen MR) is 88.5 cm³/mol. The Bertz CT molecular complexity index is 676. The van der Waals surface area contributed by atoms with Gasteiger partial charge in [-0.3, -0.25) is 4.79 Å². The molecule has 0 radical (unpaired) electrons. The minimum absolute atomic E-state index is 0.0897. The zero-order valence-corrected chi connectivity index (χ0v) is 13.1. The van der Waals surface area contributed by atoms with Crippen LogP contribution >= 0.6 is 0 Å². The van der Waals surface area contributed by atoms with Gasteiger partial charge in [0.15, 0.2) is 0 Å². The Balaban J connectivity index is 1.76. The maximum atomic E-state index is 12.2. The average molecular weight is 295 g/mol. The summed E-state index contributed by atoms with van der Waals surface area (Å²) in [7, 11) is 0. The minimum atomic E-state index is -0.0997. The molecule has 0 spiro atoms. The average Bonchev–Trinajstić information content (AvgIpc) is 2.82. The Morgan fingerprint density at radius 1 is 1.14 bits per heavy atom. The lowest BCUT2D eigenvalue weighted by Gasteiger charge is -2.10. The molecular weight excluding hydrogens is 274 g/mol. The summed E-state index contributed by atoms with van der Waals surface area (Å²) in [5.41, 5.74) is 4.39. The van der Waals surface area contributed by atoms with Crippen molar-refractivity contribution in [2.45, 2.75) is 32.6 Å². The summed E-state index contributed by atoms with van der Waals surface area (Å²) < 4.78 is 5.59. The fourth-order valence-electron chi connectivity index (χ4n) is 2.83. The van der Waals surface area contributed by atoms with E-state index in [4.69, 9.17) is 4.74 Å². The van der Waals surface area contributed by atoms with Crippen LogP contribution in [0, 0.1) is 6.92 Å². The van der Waals surface area contributed by atoms with Gasteiger partial charge in [0.2, 0.25) is 5.91 Å². The van der Waals surface area contributed by atoms with Crippen LogP contribution in [-0.4, -0.2) is 12.5 Å². The number of ether oxygens (including phenoxy) is 1. The highest BCUT2D eigenvalue weighted by molar-refractivity contribution is 6.03. The van der Waals surface area contributed by atoms with E-state index in [9.17, 15) is 4.79 Å². The Labute approximate surface area is 131 Å². The first kappa shape index (κ1) is 14.6. The zero-order chi connectivity index (χ0) is 15.5. The molecule has 1 N–H and O–H groups in total. The number of benzene rings is 2. The van der Waals surface area contributed by atoms with Crippen LogP contribution in [0.25, 0.3) is 0 Å². The van der Waals surface area contributed by atoms with Crippen LogP contribution in [0.2, 0.25) is 0 Å². The summed E-state index contributed by atoms with van der Waals surface area (Å²) in [5.74, 6) is 0.877. The number of carbonyl (C=O) groups is 1. The van der Waals surface area contributed by atoms with E-state index in [0.29, 0.717) is 0 Å². The number of anilines is 1. The molecule has 0 bridgehead atoms. The van der Waals surface area contributed by atoms with Gasteiger partial charge in [0.1, 0.15) is 5.75 Å². The molecule has 0 saturated heterocycles. The second kappa shape index (κ2) is 6.22. The predicted octanol–water partition coefficient (Wildman–Crippen LogP) is 4.06. The highest BCUT2D eigenvalue weighted by atomic mass is 16.5. The fourth-order valence-corrected chi connectivity index (χ4v) is 2.83. The Morgan fingerprint density at radius 2 is 1.91 bits per heavy atom. The lowest BCUT2D eigenvalue weighted by molar-refractivity contribution is -0.117. The monoisotopic (exact) mass is 295 g/mol. The molecule has 3 heteroatoms. The number of amides is 1. The summed E-state index contributed by atoms with van der Waals surface area (Å²) in [4.78, 5) is 12.2. The molecule has 1 amide bonds. The molecular formula is C19H21NO2. The van der Waals surface area contributed by atoms with E-state index in [2.05, 4.69) is 25.2 Å². The third-order valence-electron chi connectivity index (χ3n) is 3.99. The van der Waals surface area contributed by atoms with Crippen molar-refractivity contribution in [3.63, 3.8) is 0 Å². The van der Waals surface area contributed by atoms with Crippen molar-refractivity contribution < 1.29 is 9.53 Å². The Kier molecular flexibility index (Phi) is 4.14. The van der Waals surface area contributed by atoms with E-state index in [0.717, 1.165) is 42.0 Å². The second-order valence-corrected chi connectivity index (χ2v) is 5.83. The third kappa shape index (κ3) is 2.98. The van der Waals surface area contributed by atoms with Crippen molar-refractivity contribution in [3.8, 4) is 5.75 Å². The van der Waals surface area contributed by atoms with Crippen molar-refractivity contribution in [1.82, 2.24) is 0 Å². The van der Waals surface area contributed by atoms with Crippen LogP contribution in [0.3, 0.4) is 0 Å². The van der Waals surface area contributed by atoms with Crippen molar-refractivity contribution in [2.75, 3.05) is 11.9 Å². The molecule has 1 atom stereocenters. The fraction of sp³-hybridized carbons (Fsp3) is 0.316. The molecule has 114 valence electrons. The van der Waals surface area contributed by atoms with Gasteiger partial charge in [-0.25, -0.2) is 0 Å². The quantitative estimate of drug-likeness (QED) is 0.903. The largest absolute Gasteiger partial charge is 0.494 e. The zero-order valence-electron chi connectivity index (χ0n) is 13.1. The summed E-state index contributed by atoms with van der Waals surface area (Å²) in [5, 5.41) is 2.97. The molecule has 0 saturated carbocycles. The number of fused-ring (bicyclic) bond motifs is 1. The van der Waals surface area contributed by atoms with E-state index < -0.39 is 0 Å². The first-order valence-electron chi connectivity index (χ1n) is 7.80. The molecule has 2 aromatic carbocycles. The molecule has 1 aliphatic rings. The van der Waals surface area contributed by atoms with Crippen LogP contribution in [0.1, 0.15) is 36.0 Å². The standard InChI is InChI=1S/C19H21NO2/c1-3-10-22-15-7-5-14(6-8-15)12-17-16-11-13(2)4-9-18(16)20-19(17)21/h4-9,11,17H,3,10,12H2,1-2H3,(H,20,21). The Hall–Kier alpha value is -2.29. The molecule has 1 heterocycles. The molecule has 0 fully saturated rings. The summed E-state index contributed by atoms with van der Waals surface area (Å²) in [6, 6.07) is 14.2. The Morgan fingerprint density at radius 3 is 2.64 bits per heavy atom. The van der Waals surface area contributed by atoms with Crippen LogP contribution in [0.5, 0.6) is 5.75 Å². The maximum Gasteiger partial charge on any atom is 0.232 e. The van der Waals surface area contributed by atoms with E-state index in [1.807, 2.05) is 36.4 Å². The lowest BCUT2D eigenvalue weighted by Crippen LogP contribution is -2.14. The van der Waals surface area contributed by atoms with Crippen molar-refractivity contribution in [1.29, 1.82) is 0 Å². The molecule has 2 aromatic rings. The normalized spacial score (nSPS) is 16.3. The van der Waals surface area contributed by atoms with Gasteiger partial charge < -0.3 is 10.1 Å². The van der Waals surface area contributed by atoms with Crippen LogP contribution in [0.15, 0.2) is 42.5 Å². The summed E-state index contributed by atoms with van der Waals surface area (Å²) >= 11 is 0. The maximum absolute atomic E-state index is 12.2. The van der Waals surface area contributed by atoms with Gasteiger partial charge in [-0.15, -0.1) is 0 Å². The van der Waals surface area contributed by atoms with Gasteiger partial charge in [-0.05, 0) is 49.1 Å². The highest BCUT2D eigenvalue weighted by Gasteiger charge is 2.30. The van der Waals surface area contributed by atoms with E-state index in [1.165, 1.54) is 5.56 Å². The van der Waals surface area contributed by atoms with Crippen LogP contribution < -0.4 is 10.1 Å². The van der Waals surface area contributed by atoms with Gasteiger partial charge in [0.05, 0.1) is 12.5 Å². The molecule has 1 aliphatic heterocycles. The number of hydrogen-bond donors (Lipinski definition) is 1. The molecule has 3 rings (SSSR count). The van der Waals surface area contributed by atoms with Crippen LogP contribution in [0.4, 0.5) is 5.69 Å². The molecule has 0 aliphatic carbocycles. The van der Waals surface area contributed by atoms with Gasteiger partial charge in [0.25, 0.3) is 0 Å². The summed E-state index contributed by atoms with van der Waals surface area (Å²) in [6.45, 7) is 4.88. The highest BCUT2D eigenvalue weighted by Crippen LogP contribution is 2.35. The van der Waals surface area contributed by atoms with Crippen LogP contribution in [-0.2, 0) is 11.2 Å². The number of carbonyl (C=O) groups excluding carboxylic acids is 1. The number of rotatable bonds is 5. The molecule has 3 nitrogen and oxygen atoms in total. The number of aryl methyl sites for hydroxylation is 1. The first-order valence-corrected chi connectivity index (χ1v) is 7.80. The van der Waals surface area contributed by atoms with Gasteiger partial charge in [-0.2, -0.15) is 0 Å². The van der Waals surface area contributed by atoms with Crippen molar-refractivity contribution in [2.24, 2.45) is 0 Å². The van der Waals surface area contributed by atoms with E-state index >= 15 is 0 Å². The number of nitrogens with one attached hydrogen (secondary N) is 1. The SMILES string of the molecule is CCCOc1ccc(CC2C(=O)Nc3ccc(C)cc32)cc1.